The van der Waals surface area contributed by atoms with Gasteiger partial charge in [-0.3, -0.25) is 4.79 Å². The van der Waals surface area contributed by atoms with Crippen LogP contribution < -0.4 is 11.1 Å². The number of benzene rings is 1. The molecule has 0 aliphatic carbocycles. The van der Waals surface area contributed by atoms with E-state index in [1.807, 2.05) is 0 Å². The number of hydrogen-bond donors (Lipinski definition) is 2. The number of rotatable bonds is 4. The number of methoxy groups -OCH3 is 1. The van der Waals surface area contributed by atoms with E-state index in [9.17, 15) is 22.8 Å². The van der Waals surface area contributed by atoms with Crippen molar-refractivity contribution in [3.05, 3.63) is 46.4 Å². The number of esters is 1. The van der Waals surface area contributed by atoms with Gasteiger partial charge in [0.15, 0.2) is 0 Å². The van der Waals surface area contributed by atoms with Crippen molar-refractivity contribution in [2.45, 2.75) is 6.18 Å². The standard InChI is InChI=1S/C14H10ClF3N4O3/c1-25-12(24)6-2-7(14(16,17)18)4-8(3-6)21-11-9(10(19)23)5-20-13(15)22-11/h2-5H,1H3,(H2,19,23)(H,20,21,22). The minimum atomic E-state index is -4.71. The van der Waals surface area contributed by atoms with Crippen LogP contribution in [-0.4, -0.2) is 29.0 Å². The Kier molecular flexibility index (Phi) is 5.12. The molecule has 0 saturated carbocycles. The van der Waals surface area contributed by atoms with E-state index in [1.54, 1.807) is 0 Å². The van der Waals surface area contributed by atoms with Crippen molar-refractivity contribution in [3.63, 3.8) is 0 Å². The van der Waals surface area contributed by atoms with E-state index in [2.05, 4.69) is 20.0 Å². The van der Waals surface area contributed by atoms with E-state index in [1.165, 1.54) is 0 Å². The molecule has 0 radical (unpaired) electrons. The van der Waals surface area contributed by atoms with Crippen molar-refractivity contribution in [1.82, 2.24) is 9.97 Å². The summed E-state index contributed by atoms with van der Waals surface area (Å²) in [5.41, 5.74) is 3.35. The largest absolute Gasteiger partial charge is 0.465 e. The maximum absolute atomic E-state index is 13.0. The van der Waals surface area contributed by atoms with Gasteiger partial charge in [-0.25, -0.2) is 9.78 Å². The van der Waals surface area contributed by atoms with E-state index in [-0.39, 0.29) is 27.9 Å². The van der Waals surface area contributed by atoms with Crippen molar-refractivity contribution in [2.24, 2.45) is 5.73 Å². The summed E-state index contributed by atoms with van der Waals surface area (Å²) >= 11 is 5.63. The number of hydrogen-bond acceptors (Lipinski definition) is 6. The molecule has 0 aliphatic heterocycles. The first kappa shape index (κ1) is 18.5. The summed E-state index contributed by atoms with van der Waals surface area (Å²) in [6.45, 7) is 0. The van der Waals surface area contributed by atoms with Gasteiger partial charge in [-0.15, -0.1) is 0 Å². The monoisotopic (exact) mass is 374 g/mol. The number of nitrogens with zero attached hydrogens (tertiary/aromatic N) is 2. The third kappa shape index (κ3) is 4.35. The van der Waals surface area contributed by atoms with Gasteiger partial charge in [-0.1, -0.05) is 0 Å². The molecular formula is C14H10ClF3N4O3. The van der Waals surface area contributed by atoms with Gasteiger partial charge in [0.1, 0.15) is 11.4 Å². The molecule has 0 atom stereocenters. The van der Waals surface area contributed by atoms with Crippen LogP contribution in [0.5, 0.6) is 0 Å². The Morgan fingerprint density at radius 1 is 1.28 bits per heavy atom. The number of alkyl halides is 3. The topological polar surface area (TPSA) is 107 Å². The number of carbonyl (C=O) groups is 2. The molecule has 0 fully saturated rings. The number of halogens is 4. The Balaban J connectivity index is 2.54. The van der Waals surface area contributed by atoms with Crippen molar-refractivity contribution >= 4 is 35.0 Å². The van der Waals surface area contributed by atoms with Gasteiger partial charge in [0, 0.05) is 11.9 Å². The number of nitrogens with two attached hydrogens (primary N) is 1. The molecule has 25 heavy (non-hydrogen) atoms. The van der Waals surface area contributed by atoms with Crippen LogP contribution in [0.4, 0.5) is 24.7 Å². The lowest BCUT2D eigenvalue weighted by Crippen LogP contribution is -2.15. The van der Waals surface area contributed by atoms with Crippen molar-refractivity contribution in [1.29, 1.82) is 0 Å². The lowest BCUT2D eigenvalue weighted by molar-refractivity contribution is -0.137. The molecule has 0 spiro atoms. The summed E-state index contributed by atoms with van der Waals surface area (Å²) in [4.78, 5) is 30.3. The second kappa shape index (κ2) is 6.93. The number of primary amides is 1. The fourth-order valence-corrected chi connectivity index (χ4v) is 2.01. The summed E-state index contributed by atoms with van der Waals surface area (Å²) in [5, 5.41) is 2.23. The third-order valence-corrected chi connectivity index (χ3v) is 3.15. The summed E-state index contributed by atoms with van der Waals surface area (Å²) in [7, 11) is 1.03. The first-order chi connectivity index (χ1) is 11.6. The summed E-state index contributed by atoms with van der Waals surface area (Å²) < 4.78 is 43.5. The van der Waals surface area contributed by atoms with E-state index in [4.69, 9.17) is 17.3 Å². The van der Waals surface area contributed by atoms with Crippen LogP contribution in [0.25, 0.3) is 0 Å². The maximum Gasteiger partial charge on any atom is 0.416 e. The molecule has 2 rings (SSSR count). The molecule has 1 amide bonds. The van der Waals surface area contributed by atoms with Crippen LogP contribution >= 0.6 is 11.6 Å². The predicted octanol–water partition coefficient (Wildman–Crippen LogP) is 2.78. The lowest BCUT2D eigenvalue weighted by Gasteiger charge is -2.13. The summed E-state index contributed by atoms with van der Waals surface area (Å²) in [6, 6.07) is 2.47. The van der Waals surface area contributed by atoms with Crippen molar-refractivity contribution in [3.8, 4) is 0 Å². The Hall–Kier alpha value is -2.88. The molecule has 1 aromatic heterocycles. The fraction of sp³-hybridized carbons (Fsp3) is 0.143. The Morgan fingerprint density at radius 3 is 2.52 bits per heavy atom. The Labute approximate surface area is 144 Å². The fourth-order valence-electron chi connectivity index (χ4n) is 1.87. The van der Waals surface area contributed by atoms with Gasteiger partial charge in [-0.2, -0.15) is 18.2 Å². The minimum Gasteiger partial charge on any atom is -0.465 e. The third-order valence-electron chi connectivity index (χ3n) is 2.97. The molecule has 1 heterocycles. The average molecular weight is 375 g/mol. The number of nitrogens with one attached hydrogen (secondary N) is 1. The van der Waals surface area contributed by atoms with Crippen molar-refractivity contribution in [2.75, 3.05) is 12.4 Å². The highest BCUT2D eigenvalue weighted by molar-refractivity contribution is 6.28. The lowest BCUT2D eigenvalue weighted by atomic mass is 10.1. The highest BCUT2D eigenvalue weighted by Crippen LogP contribution is 2.33. The van der Waals surface area contributed by atoms with E-state index >= 15 is 0 Å². The number of anilines is 2. The van der Waals surface area contributed by atoms with Crippen LogP contribution in [0, 0.1) is 0 Å². The second-order valence-electron chi connectivity index (χ2n) is 4.68. The van der Waals surface area contributed by atoms with Crippen molar-refractivity contribution < 1.29 is 27.5 Å². The zero-order chi connectivity index (χ0) is 18.8. The molecule has 0 unspecified atom stereocenters. The van der Waals surface area contributed by atoms with E-state index in [0.717, 1.165) is 25.4 Å². The molecule has 2 aromatic rings. The molecule has 0 aliphatic rings. The summed E-state index contributed by atoms with van der Waals surface area (Å²) in [6.07, 6.45) is -3.69. The number of carbonyl (C=O) groups excluding carboxylic acids is 2. The predicted molar refractivity (Wildman–Crippen MR) is 81.6 cm³/mol. The number of aromatic nitrogens is 2. The van der Waals surface area contributed by atoms with Gasteiger partial charge in [0.2, 0.25) is 5.28 Å². The Bertz CT molecular complexity index is 843. The average Bonchev–Trinajstić information content (AvgIpc) is 2.52. The molecule has 0 bridgehead atoms. The highest BCUT2D eigenvalue weighted by atomic mass is 35.5. The number of amides is 1. The SMILES string of the molecule is COC(=O)c1cc(Nc2nc(Cl)ncc2C(N)=O)cc(C(F)(F)F)c1. The first-order valence-corrected chi connectivity index (χ1v) is 6.89. The number of ether oxygens (including phenoxy) is 1. The molecule has 7 nitrogen and oxygen atoms in total. The zero-order valence-electron chi connectivity index (χ0n) is 12.5. The quantitative estimate of drug-likeness (QED) is 0.629. The normalized spacial score (nSPS) is 11.1. The second-order valence-corrected chi connectivity index (χ2v) is 5.02. The molecular weight excluding hydrogens is 365 g/mol. The van der Waals surface area contributed by atoms with E-state index < -0.39 is 23.6 Å². The Morgan fingerprint density at radius 2 is 1.96 bits per heavy atom. The highest BCUT2D eigenvalue weighted by Gasteiger charge is 2.32. The smallest absolute Gasteiger partial charge is 0.416 e. The molecule has 11 heteroatoms. The van der Waals surface area contributed by atoms with Crippen LogP contribution in [0.2, 0.25) is 5.28 Å². The van der Waals surface area contributed by atoms with Crippen LogP contribution in [-0.2, 0) is 10.9 Å². The zero-order valence-corrected chi connectivity index (χ0v) is 13.3. The molecule has 1 aromatic carbocycles. The van der Waals surface area contributed by atoms with Gasteiger partial charge < -0.3 is 15.8 Å². The molecule has 0 saturated heterocycles. The summed E-state index contributed by atoms with van der Waals surface area (Å²) in [5.74, 6) is -2.09. The van der Waals surface area contributed by atoms with Crippen LogP contribution in [0.15, 0.2) is 24.4 Å². The minimum absolute atomic E-state index is 0.174. The molecule has 3 N–H and O–H groups in total. The molecule has 132 valence electrons. The first-order valence-electron chi connectivity index (χ1n) is 6.51. The van der Waals surface area contributed by atoms with Gasteiger partial charge in [-0.05, 0) is 29.8 Å². The van der Waals surface area contributed by atoms with Crippen LogP contribution in [0.3, 0.4) is 0 Å². The van der Waals surface area contributed by atoms with Gasteiger partial charge >= 0.3 is 12.1 Å². The van der Waals surface area contributed by atoms with Gasteiger partial charge in [0.05, 0.1) is 18.2 Å². The van der Waals surface area contributed by atoms with Gasteiger partial charge in [0.25, 0.3) is 5.91 Å². The maximum atomic E-state index is 13.0. The van der Waals surface area contributed by atoms with Crippen LogP contribution in [0.1, 0.15) is 26.3 Å². The van der Waals surface area contributed by atoms with E-state index in [0.29, 0.717) is 6.07 Å².